The minimum absolute atomic E-state index is 0.121. The highest BCUT2D eigenvalue weighted by atomic mass is 15.2. The Labute approximate surface area is 139 Å². The smallest absolute Gasteiger partial charge is 0.233 e. The molecule has 24 heavy (non-hydrogen) atoms. The Bertz CT molecular complexity index is 832. The summed E-state index contributed by atoms with van der Waals surface area (Å²) in [7, 11) is 0. The molecular formula is C16H18N8. The molecule has 8 nitrogen and oxygen atoms in total. The lowest BCUT2D eigenvalue weighted by molar-refractivity contribution is 1.02. The maximum atomic E-state index is 5.76. The molecule has 2 aromatic carbocycles. The number of nitrogens with zero attached hydrogens (tertiary/aromatic N) is 3. The van der Waals surface area contributed by atoms with Crippen LogP contribution in [0.2, 0.25) is 0 Å². The minimum atomic E-state index is 0.121. The summed E-state index contributed by atoms with van der Waals surface area (Å²) in [4.78, 5) is 12.5. The van der Waals surface area contributed by atoms with Crippen LogP contribution >= 0.6 is 0 Å². The third kappa shape index (κ3) is 4.01. The van der Waals surface area contributed by atoms with E-state index in [1.807, 2.05) is 36.4 Å². The molecule has 0 fully saturated rings. The Morgan fingerprint density at radius 2 is 1.54 bits per heavy atom. The molecule has 0 spiro atoms. The van der Waals surface area contributed by atoms with Crippen LogP contribution in [0.1, 0.15) is 5.56 Å². The quantitative estimate of drug-likeness (QED) is 0.449. The molecule has 0 aliphatic rings. The van der Waals surface area contributed by atoms with Gasteiger partial charge in [0.15, 0.2) is 0 Å². The summed E-state index contributed by atoms with van der Waals surface area (Å²) in [5.74, 6) is 0.842. The van der Waals surface area contributed by atoms with Gasteiger partial charge in [0.2, 0.25) is 17.8 Å². The number of rotatable bonds is 5. The Morgan fingerprint density at radius 1 is 0.792 bits per heavy atom. The maximum absolute atomic E-state index is 5.76. The maximum Gasteiger partial charge on any atom is 0.233 e. The Morgan fingerprint density at radius 3 is 2.29 bits per heavy atom. The second kappa shape index (κ2) is 6.69. The highest BCUT2D eigenvalue weighted by Crippen LogP contribution is 2.17. The van der Waals surface area contributed by atoms with Crippen LogP contribution in [0.3, 0.4) is 0 Å². The molecule has 0 saturated carbocycles. The van der Waals surface area contributed by atoms with Crippen molar-refractivity contribution in [3.63, 3.8) is 0 Å². The first-order chi connectivity index (χ1) is 11.6. The van der Waals surface area contributed by atoms with E-state index in [9.17, 15) is 0 Å². The van der Waals surface area contributed by atoms with Crippen molar-refractivity contribution in [1.29, 1.82) is 0 Å². The van der Waals surface area contributed by atoms with Crippen molar-refractivity contribution >= 4 is 34.9 Å². The fraction of sp³-hybridized carbons (Fsp3) is 0.0625. The summed E-state index contributed by atoms with van der Waals surface area (Å²) in [5.41, 5.74) is 20.4. The molecule has 0 bridgehead atoms. The van der Waals surface area contributed by atoms with Gasteiger partial charge in [0.05, 0.1) is 0 Å². The first kappa shape index (κ1) is 15.3. The standard InChI is InChI=1S/C16H18N8/c17-11-6-4-10(5-7-11)9-20-15-22-14(19)23-16(24-15)21-13-3-1-2-12(18)8-13/h1-8H,9,17-18H2,(H4,19,20,21,22,23,24). The molecule has 0 amide bonds. The number of nitrogen functional groups attached to an aromatic ring is 3. The average molecular weight is 322 g/mol. The van der Waals surface area contributed by atoms with E-state index < -0.39 is 0 Å². The van der Waals surface area contributed by atoms with Gasteiger partial charge in [-0.2, -0.15) is 15.0 Å². The lowest BCUT2D eigenvalue weighted by Gasteiger charge is -2.09. The van der Waals surface area contributed by atoms with Gasteiger partial charge >= 0.3 is 0 Å². The summed E-state index contributed by atoms with van der Waals surface area (Å²) in [6.45, 7) is 0.543. The third-order valence-electron chi connectivity index (χ3n) is 3.23. The van der Waals surface area contributed by atoms with Crippen molar-refractivity contribution in [1.82, 2.24) is 15.0 Å². The number of anilines is 6. The summed E-state index contributed by atoms with van der Waals surface area (Å²) in [6, 6.07) is 14.8. The van der Waals surface area contributed by atoms with Gasteiger partial charge in [-0.05, 0) is 35.9 Å². The van der Waals surface area contributed by atoms with E-state index in [0.717, 1.165) is 16.9 Å². The topological polar surface area (TPSA) is 141 Å². The summed E-state index contributed by atoms with van der Waals surface area (Å²) in [5, 5.41) is 6.16. The van der Waals surface area contributed by atoms with E-state index in [1.165, 1.54) is 0 Å². The van der Waals surface area contributed by atoms with E-state index in [0.29, 0.717) is 24.1 Å². The van der Waals surface area contributed by atoms with E-state index >= 15 is 0 Å². The summed E-state index contributed by atoms with van der Waals surface area (Å²) in [6.07, 6.45) is 0. The minimum Gasteiger partial charge on any atom is -0.399 e. The van der Waals surface area contributed by atoms with Crippen molar-refractivity contribution in [3.8, 4) is 0 Å². The van der Waals surface area contributed by atoms with Gasteiger partial charge in [0.25, 0.3) is 0 Å². The lowest BCUT2D eigenvalue weighted by atomic mass is 10.2. The fourth-order valence-corrected chi connectivity index (χ4v) is 2.09. The van der Waals surface area contributed by atoms with Gasteiger partial charge in [0.1, 0.15) is 0 Å². The van der Waals surface area contributed by atoms with E-state index in [4.69, 9.17) is 17.2 Å². The van der Waals surface area contributed by atoms with Gasteiger partial charge in [0, 0.05) is 23.6 Å². The molecule has 3 rings (SSSR count). The van der Waals surface area contributed by atoms with Crippen LogP contribution in [0.4, 0.5) is 34.9 Å². The number of benzene rings is 2. The molecule has 1 heterocycles. The Kier molecular flexibility index (Phi) is 4.28. The summed E-state index contributed by atoms with van der Waals surface area (Å²) >= 11 is 0. The Hall–Kier alpha value is -3.55. The van der Waals surface area contributed by atoms with Gasteiger partial charge < -0.3 is 27.8 Å². The van der Waals surface area contributed by atoms with Crippen molar-refractivity contribution < 1.29 is 0 Å². The van der Waals surface area contributed by atoms with Crippen LogP contribution in [0.15, 0.2) is 48.5 Å². The number of aromatic nitrogens is 3. The van der Waals surface area contributed by atoms with Gasteiger partial charge in [-0.1, -0.05) is 18.2 Å². The Balaban J connectivity index is 1.72. The van der Waals surface area contributed by atoms with Crippen LogP contribution in [0.5, 0.6) is 0 Å². The number of nitrogens with two attached hydrogens (primary N) is 3. The molecule has 8 N–H and O–H groups in total. The zero-order valence-corrected chi connectivity index (χ0v) is 12.9. The molecule has 0 aliphatic carbocycles. The first-order valence-electron chi connectivity index (χ1n) is 7.31. The monoisotopic (exact) mass is 322 g/mol. The zero-order chi connectivity index (χ0) is 16.9. The molecule has 0 saturated heterocycles. The van der Waals surface area contributed by atoms with Gasteiger partial charge in [-0.15, -0.1) is 0 Å². The van der Waals surface area contributed by atoms with Crippen LogP contribution in [-0.4, -0.2) is 15.0 Å². The molecule has 0 unspecified atom stereocenters. The van der Waals surface area contributed by atoms with Gasteiger partial charge in [-0.25, -0.2) is 0 Å². The van der Waals surface area contributed by atoms with E-state index in [-0.39, 0.29) is 5.95 Å². The number of nitrogens with one attached hydrogen (secondary N) is 2. The van der Waals surface area contributed by atoms with E-state index in [1.54, 1.807) is 12.1 Å². The highest BCUT2D eigenvalue weighted by molar-refractivity contribution is 5.60. The molecule has 1 aromatic heterocycles. The second-order valence-electron chi connectivity index (χ2n) is 5.19. The van der Waals surface area contributed by atoms with Crippen molar-refractivity contribution in [2.75, 3.05) is 27.8 Å². The van der Waals surface area contributed by atoms with Crippen LogP contribution < -0.4 is 27.8 Å². The second-order valence-corrected chi connectivity index (χ2v) is 5.19. The number of hydrogen-bond acceptors (Lipinski definition) is 8. The summed E-state index contributed by atoms with van der Waals surface area (Å²) < 4.78 is 0. The van der Waals surface area contributed by atoms with Crippen molar-refractivity contribution in [2.45, 2.75) is 6.54 Å². The van der Waals surface area contributed by atoms with Crippen molar-refractivity contribution in [2.24, 2.45) is 0 Å². The third-order valence-corrected chi connectivity index (χ3v) is 3.23. The molecule has 0 atom stereocenters. The molecular weight excluding hydrogens is 304 g/mol. The fourth-order valence-electron chi connectivity index (χ4n) is 2.09. The number of hydrogen-bond donors (Lipinski definition) is 5. The zero-order valence-electron chi connectivity index (χ0n) is 12.9. The van der Waals surface area contributed by atoms with Crippen molar-refractivity contribution in [3.05, 3.63) is 54.1 Å². The highest BCUT2D eigenvalue weighted by Gasteiger charge is 2.05. The predicted molar refractivity (Wildman–Crippen MR) is 96.6 cm³/mol. The van der Waals surface area contributed by atoms with Crippen LogP contribution in [-0.2, 0) is 6.54 Å². The van der Waals surface area contributed by atoms with Crippen LogP contribution in [0.25, 0.3) is 0 Å². The molecule has 122 valence electrons. The SMILES string of the molecule is Nc1ccc(CNc2nc(N)nc(Nc3cccc(N)c3)n2)cc1. The normalized spacial score (nSPS) is 10.3. The van der Waals surface area contributed by atoms with Gasteiger partial charge in [-0.3, -0.25) is 0 Å². The molecule has 0 radical (unpaired) electrons. The largest absolute Gasteiger partial charge is 0.399 e. The lowest BCUT2D eigenvalue weighted by Crippen LogP contribution is -2.09. The predicted octanol–water partition coefficient (Wildman–Crippen LogP) is 1.97. The first-order valence-corrected chi connectivity index (χ1v) is 7.31. The molecule has 3 aromatic rings. The average Bonchev–Trinajstić information content (AvgIpc) is 2.54. The van der Waals surface area contributed by atoms with Crippen LogP contribution in [0, 0.1) is 0 Å². The molecule has 0 aliphatic heterocycles. The van der Waals surface area contributed by atoms with E-state index in [2.05, 4.69) is 25.6 Å². The molecule has 8 heteroatoms.